The third-order valence-electron chi connectivity index (χ3n) is 4.86. The Labute approximate surface area is 183 Å². The average molecular weight is 439 g/mol. The SMILES string of the molecule is CCN(c1ccc(OCC(=O)Nc2c(C)cccc2C)cc1)S(=O)(=O)c1ccccc1. The number of ether oxygens (including phenoxy) is 1. The van der Waals surface area contributed by atoms with Gasteiger partial charge in [-0.15, -0.1) is 0 Å². The lowest BCUT2D eigenvalue weighted by Crippen LogP contribution is -2.30. The lowest BCUT2D eigenvalue weighted by molar-refractivity contribution is -0.118. The summed E-state index contributed by atoms with van der Waals surface area (Å²) in [5.41, 5.74) is 3.28. The highest BCUT2D eigenvalue weighted by molar-refractivity contribution is 7.92. The second-order valence-electron chi connectivity index (χ2n) is 7.08. The molecule has 0 atom stereocenters. The molecule has 0 unspecified atom stereocenters. The van der Waals surface area contributed by atoms with Gasteiger partial charge in [-0.1, -0.05) is 36.4 Å². The van der Waals surface area contributed by atoms with Crippen LogP contribution in [0.15, 0.2) is 77.7 Å². The number of anilines is 2. The number of nitrogens with zero attached hydrogens (tertiary/aromatic N) is 1. The Balaban J connectivity index is 1.66. The molecule has 6 nitrogen and oxygen atoms in total. The number of benzene rings is 3. The number of sulfonamides is 1. The summed E-state index contributed by atoms with van der Waals surface area (Å²) >= 11 is 0. The Morgan fingerprint density at radius 1 is 0.903 bits per heavy atom. The van der Waals surface area contributed by atoms with Crippen molar-refractivity contribution >= 4 is 27.3 Å². The van der Waals surface area contributed by atoms with E-state index >= 15 is 0 Å². The van der Waals surface area contributed by atoms with Gasteiger partial charge in [0.15, 0.2) is 6.61 Å². The molecule has 162 valence electrons. The van der Waals surface area contributed by atoms with E-state index in [1.807, 2.05) is 32.0 Å². The number of aryl methyl sites for hydroxylation is 2. The molecule has 0 spiro atoms. The molecular weight excluding hydrogens is 412 g/mol. The average Bonchev–Trinajstić information content (AvgIpc) is 2.77. The van der Waals surface area contributed by atoms with Gasteiger partial charge in [-0.3, -0.25) is 9.10 Å². The van der Waals surface area contributed by atoms with E-state index in [4.69, 9.17) is 4.74 Å². The van der Waals surface area contributed by atoms with E-state index in [9.17, 15) is 13.2 Å². The summed E-state index contributed by atoms with van der Waals surface area (Å²) < 4.78 is 32.8. The lowest BCUT2D eigenvalue weighted by atomic mass is 10.1. The maximum atomic E-state index is 12.9. The zero-order valence-electron chi connectivity index (χ0n) is 17.8. The van der Waals surface area contributed by atoms with Crippen molar-refractivity contribution in [2.24, 2.45) is 0 Å². The Morgan fingerprint density at radius 3 is 2.10 bits per heavy atom. The van der Waals surface area contributed by atoms with E-state index in [-0.39, 0.29) is 24.0 Å². The van der Waals surface area contributed by atoms with Crippen molar-refractivity contribution in [1.29, 1.82) is 0 Å². The lowest BCUT2D eigenvalue weighted by Gasteiger charge is -2.23. The van der Waals surface area contributed by atoms with E-state index in [0.29, 0.717) is 11.4 Å². The maximum absolute atomic E-state index is 12.9. The summed E-state index contributed by atoms with van der Waals surface area (Å²) in [6.07, 6.45) is 0. The largest absolute Gasteiger partial charge is 0.484 e. The van der Waals surface area contributed by atoms with Crippen molar-refractivity contribution in [3.63, 3.8) is 0 Å². The summed E-state index contributed by atoms with van der Waals surface area (Å²) in [6.45, 7) is 5.79. The van der Waals surface area contributed by atoms with Crippen LogP contribution >= 0.6 is 0 Å². The molecule has 3 aromatic rings. The van der Waals surface area contributed by atoms with Gasteiger partial charge >= 0.3 is 0 Å². The number of carbonyl (C=O) groups is 1. The molecule has 0 aromatic heterocycles. The molecule has 3 rings (SSSR count). The van der Waals surface area contributed by atoms with Crippen LogP contribution in [-0.4, -0.2) is 27.5 Å². The molecule has 0 aliphatic rings. The standard InChI is InChI=1S/C24H26N2O4S/c1-4-26(31(28,29)22-11-6-5-7-12-22)20-13-15-21(16-14-20)30-17-23(27)25-24-18(2)9-8-10-19(24)3/h5-16H,4,17H2,1-3H3,(H,25,27). The van der Waals surface area contributed by atoms with Crippen LogP contribution in [0.25, 0.3) is 0 Å². The first-order chi connectivity index (χ1) is 14.8. The molecule has 0 radical (unpaired) electrons. The fourth-order valence-corrected chi connectivity index (χ4v) is 4.75. The number of hydrogen-bond acceptors (Lipinski definition) is 4. The smallest absolute Gasteiger partial charge is 0.264 e. The summed E-state index contributed by atoms with van der Waals surface area (Å²) in [5.74, 6) is 0.219. The number of rotatable bonds is 8. The predicted octanol–water partition coefficient (Wildman–Crippen LogP) is 4.54. The van der Waals surface area contributed by atoms with E-state index in [1.165, 1.54) is 4.31 Å². The first-order valence-corrected chi connectivity index (χ1v) is 11.4. The Bertz CT molecular complexity index is 1120. The van der Waals surface area contributed by atoms with Crippen LogP contribution < -0.4 is 14.4 Å². The third kappa shape index (κ3) is 5.24. The topological polar surface area (TPSA) is 75.7 Å². The second kappa shape index (κ2) is 9.66. The van der Waals surface area contributed by atoms with Crippen molar-refractivity contribution in [2.75, 3.05) is 22.8 Å². The quantitative estimate of drug-likeness (QED) is 0.560. The van der Waals surface area contributed by atoms with Crippen LogP contribution in [0.4, 0.5) is 11.4 Å². The first-order valence-electron chi connectivity index (χ1n) is 9.99. The van der Waals surface area contributed by atoms with Crippen molar-refractivity contribution in [3.8, 4) is 5.75 Å². The van der Waals surface area contributed by atoms with Gasteiger partial charge in [-0.05, 0) is 68.3 Å². The van der Waals surface area contributed by atoms with Gasteiger partial charge < -0.3 is 10.1 Å². The number of carbonyl (C=O) groups excluding carboxylic acids is 1. The molecule has 1 amide bonds. The number of amides is 1. The van der Waals surface area contributed by atoms with Crippen molar-refractivity contribution < 1.29 is 17.9 Å². The fraction of sp³-hybridized carbons (Fsp3) is 0.208. The molecule has 0 fully saturated rings. The zero-order chi connectivity index (χ0) is 22.4. The van der Waals surface area contributed by atoms with Crippen LogP contribution in [0.5, 0.6) is 5.75 Å². The highest BCUT2D eigenvalue weighted by atomic mass is 32.2. The van der Waals surface area contributed by atoms with Gasteiger partial charge in [-0.2, -0.15) is 0 Å². The highest BCUT2D eigenvalue weighted by Gasteiger charge is 2.23. The molecular formula is C24H26N2O4S. The molecule has 1 N–H and O–H groups in total. The van der Waals surface area contributed by atoms with E-state index in [1.54, 1.807) is 61.5 Å². The number of para-hydroxylation sites is 1. The van der Waals surface area contributed by atoms with Gasteiger partial charge in [-0.25, -0.2) is 8.42 Å². The molecule has 7 heteroatoms. The molecule has 0 saturated carbocycles. The fourth-order valence-electron chi connectivity index (χ4n) is 3.26. The molecule has 0 aliphatic heterocycles. The van der Waals surface area contributed by atoms with Gasteiger partial charge in [0, 0.05) is 12.2 Å². The molecule has 31 heavy (non-hydrogen) atoms. The maximum Gasteiger partial charge on any atom is 0.264 e. The predicted molar refractivity (Wildman–Crippen MR) is 123 cm³/mol. The second-order valence-corrected chi connectivity index (χ2v) is 8.94. The Hall–Kier alpha value is -3.32. The van der Waals surface area contributed by atoms with Crippen LogP contribution in [0.3, 0.4) is 0 Å². The minimum Gasteiger partial charge on any atom is -0.484 e. The van der Waals surface area contributed by atoms with Crippen LogP contribution in [0.1, 0.15) is 18.1 Å². The summed E-state index contributed by atoms with van der Waals surface area (Å²) in [4.78, 5) is 12.5. The molecule has 0 heterocycles. The summed E-state index contributed by atoms with van der Waals surface area (Å²) in [7, 11) is -3.66. The summed E-state index contributed by atoms with van der Waals surface area (Å²) in [6, 6.07) is 20.8. The van der Waals surface area contributed by atoms with Crippen molar-refractivity contribution in [3.05, 3.63) is 83.9 Å². The molecule has 0 aliphatic carbocycles. The van der Waals surface area contributed by atoms with Crippen molar-refractivity contribution in [1.82, 2.24) is 0 Å². The Kier molecular flexibility index (Phi) is 6.97. The van der Waals surface area contributed by atoms with Crippen LogP contribution in [0.2, 0.25) is 0 Å². The van der Waals surface area contributed by atoms with E-state index in [2.05, 4.69) is 5.32 Å². The van der Waals surface area contributed by atoms with Crippen LogP contribution in [0, 0.1) is 13.8 Å². The minimum absolute atomic E-state index is 0.146. The first kappa shape index (κ1) is 22.4. The highest BCUT2D eigenvalue weighted by Crippen LogP contribution is 2.26. The molecule has 0 bridgehead atoms. The van der Waals surface area contributed by atoms with Crippen molar-refractivity contribution in [2.45, 2.75) is 25.7 Å². The number of hydrogen-bond donors (Lipinski definition) is 1. The van der Waals surface area contributed by atoms with Crippen LogP contribution in [-0.2, 0) is 14.8 Å². The van der Waals surface area contributed by atoms with Gasteiger partial charge in [0.2, 0.25) is 0 Å². The minimum atomic E-state index is -3.66. The number of nitrogens with one attached hydrogen (secondary N) is 1. The van der Waals surface area contributed by atoms with Gasteiger partial charge in [0.05, 0.1) is 10.6 Å². The molecule has 3 aromatic carbocycles. The Morgan fingerprint density at radius 2 is 1.52 bits per heavy atom. The zero-order valence-corrected chi connectivity index (χ0v) is 18.6. The van der Waals surface area contributed by atoms with E-state index in [0.717, 1.165) is 16.8 Å². The monoisotopic (exact) mass is 438 g/mol. The van der Waals surface area contributed by atoms with Gasteiger partial charge in [0.25, 0.3) is 15.9 Å². The molecule has 0 saturated heterocycles. The van der Waals surface area contributed by atoms with E-state index < -0.39 is 10.0 Å². The third-order valence-corrected chi connectivity index (χ3v) is 6.78. The normalized spacial score (nSPS) is 11.1. The van der Waals surface area contributed by atoms with Gasteiger partial charge in [0.1, 0.15) is 5.75 Å². The summed E-state index contributed by atoms with van der Waals surface area (Å²) in [5, 5.41) is 2.87.